The Kier molecular flexibility index (Phi) is 8.79. The van der Waals surface area contributed by atoms with Crippen LogP contribution in [0, 0.1) is 0 Å². The molecule has 1 aromatic heterocycles. The smallest absolute Gasteiger partial charge is 0.301 e. The van der Waals surface area contributed by atoms with Crippen molar-refractivity contribution in [1.29, 1.82) is 0 Å². The van der Waals surface area contributed by atoms with Crippen LogP contribution < -0.4 is 19.1 Å². The summed E-state index contributed by atoms with van der Waals surface area (Å²) < 4.78 is 18.1. The van der Waals surface area contributed by atoms with Crippen molar-refractivity contribution in [1.82, 2.24) is 4.98 Å². The van der Waals surface area contributed by atoms with Gasteiger partial charge in [0.15, 0.2) is 5.13 Å². The Morgan fingerprint density at radius 3 is 2.24 bits per heavy atom. The van der Waals surface area contributed by atoms with Crippen molar-refractivity contribution in [2.75, 3.05) is 18.1 Å². The molecule has 1 fully saturated rings. The lowest BCUT2D eigenvalue weighted by molar-refractivity contribution is -0.132. The fourth-order valence-corrected chi connectivity index (χ4v) is 6.19. The standard InChI is InChI=1S/C36H32N2O6S/c1-3-20-43-26-16-12-25(13-17-26)33(39)31-32(24-10-14-27(15-11-24)44-22-23-8-6-5-7-9-23)38(35(41)34(31)40)36-37-29-19-18-28(42-4-2)21-30(29)45-36/h5-19,21,32,39H,3-4,20,22H2,1-2H3. The number of carbonyl (C=O) groups excluding carboxylic acids is 2. The molecule has 0 radical (unpaired) electrons. The number of nitrogens with zero attached hydrogens (tertiary/aromatic N) is 2. The molecular formula is C36H32N2O6S. The summed E-state index contributed by atoms with van der Waals surface area (Å²) in [6.45, 7) is 5.40. The highest BCUT2D eigenvalue weighted by Gasteiger charge is 2.48. The van der Waals surface area contributed by atoms with Gasteiger partial charge in [0.2, 0.25) is 0 Å². The van der Waals surface area contributed by atoms with Crippen molar-refractivity contribution >= 4 is 44.1 Å². The number of ether oxygens (including phenoxy) is 3. The number of hydrogen-bond acceptors (Lipinski definition) is 8. The highest BCUT2D eigenvalue weighted by atomic mass is 32.1. The van der Waals surface area contributed by atoms with Crippen LogP contribution in [0.2, 0.25) is 0 Å². The van der Waals surface area contributed by atoms with Crippen LogP contribution in [0.5, 0.6) is 17.2 Å². The third-order valence-corrected chi connectivity index (χ3v) is 8.37. The van der Waals surface area contributed by atoms with E-state index in [1.807, 2.05) is 62.4 Å². The second kappa shape index (κ2) is 13.2. The second-order valence-electron chi connectivity index (χ2n) is 10.4. The van der Waals surface area contributed by atoms with Gasteiger partial charge in [-0.3, -0.25) is 14.5 Å². The Hall–Kier alpha value is -5.15. The zero-order valence-corrected chi connectivity index (χ0v) is 25.8. The number of carbonyl (C=O) groups is 2. The minimum Gasteiger partial charge on any atom is -0.507 e. The van der Waals surface area contributed by atoms with Gasteiger partial charge in [-0.25, -0.2) is 4.98 Å². The minimum atomic E-state index is -0.920. The Balaban J connectivity index is 1.40. The fraction of sp³-hybridized carbons (Fsp3) is 0.194. The number of aliphatic hydroxyl groups is 1. The van der Waals surface area contributed by atoms with E-state index in [1.54, 1.807) is 48.5 Å². The van der Waals surface area contributed by atoms with Gasteiger partial charge in [0.1, 0.15) is 29.6 Å². The summed E-state index contributed by atoms with van der Waals surface area (Å²) in [6.07, 6.45) is 0.861. The zero-order valence-electron chi connectivity index (χ0n) is 24.9. The van der Waals surface area contributed by atoms with Crippen LogP contribution in [0.3, 0.4) is 0 Å². The maximum Gasteiger partial charge on any atom is 0.301 e. The van der Waals surface area contributed by atoms with Crippen molar-refractivity contribution in [2.24, 2.45) is 0 Å². The summed E-state index contributed by atoms with van der Waals surface area (Å²) in [5.41, 5.74) is 2.71. The quantitative estimate of drug-likeness (QED) is 0.0918. The Morgan fingerprint density at radius 2 is 1.53 bits per heavy atom. The zero-order chi connectivity index (χ0) is 31.3. The van der Waals surface area contributed by atoms with Crippen molar-refractivity contribution in [2.45, 2.75) is 32.9 Å². The van der Waals surface area contributed by atoms with Crippen LogP contribution >= 0.6 is 11.3 Å². The number of ketones is 1. The number of thiazole rings is 1. The SMILES string of the molecule is CCCOc1ccc(C(O)=C2C(=O)C(=O)N(c3nc4ccc(OCC)cc4s3)C2c2ccc(OCc3ccccc3)cc2)cc1. The number of aliphatic hydroxyl groups excluding tert-OH is 1. The molecule has 0 bridgehead atoms. The third kappa shape index (κ3) is 6.25. The molecule has 0 aliphatic carbocycles. The lowest BCUT2D eigenvalue weighted by atomic mass is 9.95. The van der Waals surface area contributed by atoms with E-state index in [0.717, 1.165) is 16.7 Å². The molecule has 6 rings (SSSR count). The van der Waals surface area contributed by atoms with E-state index in [-0.39, 0.29) is 11.3 Å². The number of hydrogen-bond donors (Lipinski definition) is 1. The van der Waals surface area contributed by atoms with Gasteiger partial charge in [0.25, 0.3) is 5.78 Å². The molecule has 1 saturated heterocycles. The molecule has 9 heteroatoms. The van der Waals surface area contributed by atoms with Crippen molar-refractivity contribution in [3.05, 3.63) is 119 Å². The predicted molar refractivity (Wildman–Crippen MR) is 175 cm³/mol. The topological polar surface area (TPSA) is 98.2 Å². The predicted octanol–water partition coefficient (Wildman–Crippen LogP) is 7.69. The van der Waals surface area contributed by atoms with Gasteiger partial charge in [-0.2, -0.15) is 0 Å². The lowest BCUT2D eigenvalue weighted by Crippen LogP contribution is -2.29. The highest BCUT2D eigenvalue weighted by molar-refractivity contribution is 7.22. The van der Waals surface area contributed by atoms with E-state index >= 15 is 0 Å². The third-order valence-electron chi connectivity index (χ3n) is 7.35. The summed E-state index contributed by atoms with van der Waals surface area (Å²) in [4.78, 5) is 33.5. The molecule has 1 N–H and O–H groups in total. The molecule has 228 valence electrons. The first-order valence-electron chi connectivity index (χ1n) is 14.8. The Morgan fingerprint density at radius 1 is 0.844 bits per heavy atom. The van der Waals surface area contributed by atoms with Gasteiger partial charge in [0.05, 0.1) is 35.0 Å². The van der Waals surface area contributed by atoms with E-state index in [9.17, 15) is 14.7 Å². The van der Waals surface area contributed by atoms with Crippen LogP contribution in [0.25, 0.3) is 16.0 Å². The van der Waals surface area contributed by atoms with Gasteiger partial charge in [-0.15, -0.1) is 0 Å². The number of benzene rings is 4. The average Bonchev–Trinajstić information content (AvgIpc) is 3.61. The number of fused-ring (bicyclic) bond motifs is 1. The van der Waals surface area contributed by atoms with Crippen molar-refractivity contribution in [3.63, 3.8) is 0 Å². The summed E-state index contributed by atoms with van der Waals surface area (Å²) in [6, 6.07) is 28.5. The summed E-state index contributed by atoms with van der Waals surface area (Å²) in [5, 5.41) is 11.9. The summed E-state index contributed by atoms with van der Waals surface area (Å²) in [7, 11) is 0. The molecule has 0 saturated carbocycles. The fourth-order valence-electron chi connectivity index (χ4n) is 5.17. The molecule has 1 amide bonds. The molecule has 45 heavy (non-hydrogen) atoms. The Bertz CT molecular complexity index is 1850. The van der Waals surface area contributed by atoms with Gasteiger partial charge >= 0.3 is 5.91 Å². The highest BCUT2D eigenvalue weighted by Crippen LogP contribution is 2.45. The maximum atomic E-state index is 13.7. The number of Topliss-reactive ketones (excluding diaryl/α,β-unsaturated/α-hetero) is 1. The largest absolute Gasteiger partial charge is 0.507 e. The molecule has 4 aromatic carbocycles. The molecule has 2 heterocycles. The van der Waals surface area contributed by atoms with Gasteiger partial charge < -0.3 is 19.3 Å². The van der Waals surface area contributed by atoms with E-state index in [0.29, 0.717) is 58.8 Å². The van der Waals surface area contributed by atoms with E-state index in [2.05, 4.69) is 0 Å². The van der Waals surface area contributed by atoms with Crippen LogP contribution in [-0.4, -0.2) is 35.0 Å². The average molecular weight is 621 g/mol. The molecule has 0 spiro atoms. The normalized spacial score (nSPS) is 15.9. The van der Waals surface area contributed by atoms with Gasteiger partial charge in [-0.1, -0.05) is 60.7 Å². The lowest BCUT2D eigenvalue weighted by Gasteiger charge is -2.23. The van der Waals surface area contributed by atoms with Crippen LogP contribution in [0.15, 0.2) is 103 Å². The first-order valence-corrected chi connectivity index (χ1v) is 15.6. The summed E-state index contributed by atoms with van der Waals surface area (Å²) in [5.74, 6) is 0.145. The number of amides is 1. The van der Waals surface area contributed by atoms with Crippen LogP contribution in [0.1, 0.15) is 43.0 Å². The summed E-state index contributed by atoms with van der Waals surface area (Å²) >= 11 is 1.28. The maximum absolute atomic E-state index is 13.7. The molecule has 8 nitrogen and oxygen atoms in total. The first-order chi connectivity index (χ1) is 22.0. The van der Waals surface area contributed by atoms with Crippen molar-refractivity contribution in [3.8, 4) is 17.2 Å². The number of rotatable bonds is 11. The molecular weight excluding hydrogens is 588 g/mol. The van der Waals surface area contributed by atoms with Crippen LogP contribution in [0.4, 0.5) is 5.13 Å². The Labute approximate surface area is 265 Å². The first kappa shape index (κ1) is 29.9. The van der Waals surface area contributed by atoms with Gasteiger partial charge in [0, 0.05) is 5.56 Å². The molecule has 1 aliphatic heterocycles. The number of anilines is 1. The molecule has 5 aromatic rings. The van der Waals surface area contributed by atoms with E-state index < -0.39 is 17.7 Å². The molecule has 1 aliphatic rings. The molecule has 1 atom stereocenters. The minimum absolute atomic E-state index is 0.0190. The molecule has 1 unspecified atom stereocenters. The second-order valence-corrected chi connectivity index (χ2v) is 11.5. The van der Waals surface area contributed by atoms with Crippen molar-refractivity contribution < 1.29 is 28.9 Å². The number of aromatic nitrogens is 1. The van der Waals surface area contributed by atoms with Crippen LogP contribution in [-0.2, 0) is 16.2 Å². The van der Waals surface area contributed by atoms with E-state index in [4.69, 9.17) is 19.2 Å². The van der Waals surface area contributed by atoms with E-state index in [1.165, 1.54) is 16.2 Å². The monoisotopic (exact) mass is 620 g/mol. The van der Waals surface area contributed by atoms with Gasteiger partial charge in [-0.05, 0) is 79.1 Å².